The molecule has 0 aliphatic heterocycles. The van der Waals surface area contributed by atoms with E-state index >= 15 is 0 Å². The van der Waals surface area contributed by atoms with E-state index in [4.69, 9.17) is 0 Å². The van der Waals surface area contributed by atoms with Gasteiger partial charge in [0.2, 0.25) is 0 Å². The quantitative estimate of drug-likeness (QED) is 0.687. The Kier molecular flexibility index (Phi) is 3.36. The second kappa shape index (κ2) is 3.83. The van der Waals surface area contributed by atoms with Gasteiger partial charge in [-0.2, -0.15) is 0 Å². The maximum absolute atomic E-state index is 13.6. The minimum atomic E-state index is -1.59. The zero-order valence-corrected chi connectivity index (χ0v) is 12.0. The molecule has 13 heavy (non-hydrogen) atoms. The summed E-state index contributed by atoms with van der Waals surface area (Å²) in [6, 6.07) is 3.43. The number of benzene rings is 1. The first-order chi connectivity index (χ1) is 5.82. The standard InChI is InChI=1S/C9H11Br2FSi/c1-13(2,3)9-7(11)4-6(10)5-8(9)12/h4-5H,1-3H3. The first-order valence-electron chi connectivity index (χ1n) is 3.97. The largest absolute Gasteiger partial charge is 0.207 e. The highest BCUT2D eigenvalue weighted by molar-refractivity contribution is 9.11. The molecule has 0 saturated heterocycles. The summed E-state index contributed by atoms with van der Waals surface area (Å²) in [5, 5.41) is 0.857. The van der Waals surface area contributed by atoms with Gasteiger partial charge < -0.3 is 0 Å². The van der Waals surface area contributed by atoms with Gasteiger partial charge in [0, 0.05) is 8.95 Å². The van der Waals surface area contributed by atoms with E-state index < -0.39 is 8.07 Å². The Morgan fingerprint density at radius 3 is 2.08 bits per heavy atom. The van der Waals surface area contributed by atoms with Crippen molar-refractivity contribution < 1.29 is 4.39 Å². The maximum Gasteiger partial charge on any atom is 0.124 e. The Hall–Kier alpha value is 0.327. The van der Waals surface area contributed by atoms with E-state index in [2.05, 4.69) is 51.5 Å². The molecule has 0 heterocycles. The molecule has 0 N–H and O–H groups in total. The monoisotopic (exact) mass is 324 g/mol. The third-order valence-corrected chi connectivity index (χ3v) is 5.21. The summed E-state index contributed by atoms with van der Waals surface area (Å²) >= 11 is 6.66. The Balaban J connectivity index is 3.38. The second-order valence-electron chi connectivity index (χ2n) is 3.99. The highest BCUT2D eigenvalue weighted by atomic mass is 79.9. The van der Waals surface area contributed by atoms with Crippen LogP contribution in [0.15, 0.2) is 21.1 Å². The fourth-order valence-electron chi connectivity index (χ4n) is 1.26. The van der Waals surface area contributed by atoms with Crippen LogP contribution in [0.25, 0.3) is 0 Å². The molecular formula is C9H11Br2FSi. The topological polar surface area (TPSA) is 0 Å². The average molecular weight is 326 g/mol. The third-order valence-electron chi connectivity index (χ3n) is 1.76. The van der Waals surface area contributed by atoms with Gasteiger partial charge in [-0.25, -0.2) is 4.39 Å². The van der Waals surface area contributed by atoms with Crippen molar-refractivity contribution in [1.29, 1.82) is 0 Å². The van der Waals surface area contributed by atoms with Crippen LogP contribution in [0, 0.1) is 5.82 Å². The summed E-state index contributed by atoms with van der Waals surface area (Å²) in [5.41, 5.74) is 0. The number of halogens is 3. The lowest BCUT2D eigenvalue weighted by molar-refractivity contribution is 0.633. The molecule has 4 heteroatoms. The highest BCUT2D eigenvalue weighted by Gasteiger charge is 2.23. The van der Waals surface area contributed by atoms with Crippen molar-refractivity contribution in [3.63, 3.8) is 0 Å². The van der Waals surface area contributed by atoms with Gasteiger partial charge >= 0.3 is 0 Å². The van der Waals surface area contributed by atoms with Gasteiger partial charge in [0.15, 0.2) is 0 Å². The smallest absolute Gasteiger partial charge is 0.124 e. The van der Waals surface area contributed by atoms with Gasteiger partial charge in [0.25, 0.3) is 0 Å². The summed E-state index contributed by atoms with van der Waals surface area (Å²) in [6.45, 7) is 6.39. The minimum Gasteiger partial charge on any atom is -0.207 e. The Morgan fingerprint density at radius 1 is 1.15 bits per heavy atom. The molecule has 0 fully saturated rings. The molecule has 0 aromatic heterocycles. The zero-order chi connectivity index (χ0) is 10.2. The molecule has 0 atom stereocenters. The summed E-state index contributed by atoms with van der Waals surface area (Å²) in [5.74, 6) is -0.111. The van der Waals surface area contributed by atoms with Crippen LogP contribution in [0.2, 0.25) is 19.6 Å². The summed E-state index contributed by atoms with van der Waals surface area (Å²) in [7, 11) is -1.59. The van der Waals surface area contributed by atoms with Gasteiger partial charge in [0.1, 0.15) is 5.82 Å². The van der Waals surface area contributed by atoms with E-state index in [1.807, 2.05) is 6.07 Å². The van der Waals surface area contributed by atoms with Crippen molar-refractivity contribution in [3.05, 3.63) is 26.9 Å². The Morgan fingerprint density at radius 2 is 1.69 bits per heavy atom. The number of rotatable bonds is 1. The lowest BCUT2D eigenvalue weighted by Gasteiger charge is -2.19. The molecule has 0 unspecified atom stereocenters. The predicted molar refractivity (Wildman–Crippen MR) is 64.8 cm³/mol. The van der Waals surface area contributed by atoms with E-state index in [0.29, 0.717) is 0 Å². The van der Waals surface area contributed by atoms with Gasteiger partial charge in [-0.05, 0) is 17.3 Å². The Labute approximate surface area is 95.8 Å². The van der Waals surface area contributed by atoms with Crippen LogP contribution < -0.4 is 5.19 Å². The lowest BCUT2D eigenvalue weighted by Crippen LogP contribution is -2.41. The van der Waals surface area contributed by atoms with E-state index in [0.717, 1.165) is 14.1 Å². The van der Waals surface area contributed by atoms with Crippen LogP contribution in [0.1, 0.15) is 0 Å². The summed E-state index contributed by atoms with van der Waals surface area (Å²) < 4.78 is 15.2. The van der Waals surface area contributed by atoms with Crippen molar-refractivity contribution in [2.45, 2.75) is 19.6 Å². The van der Waals surface area contributed by atoms with E-state index in [1.165, 1.54) is 6.07 Å². The second-order valence-corrected chi connectivity index (χ2v) is 10.8. The number of hydrogen-bond donors (Lipinski definition) is 0. The fraction of sp³-hybridized carbons (Fsp3) is 0.333. The van der Waals surface area contributed by atoms with Crippen LogP contribution in [0.5, 0.6) is 0 Å². The first-order valence-corrected chi connectivity index (χ1v) is 9.06. The molecule has 72 valence electrons. The average Bonchev–Trinajstić information content (AvgIpc) is 1.78. The van der Waals surface area contributed by atoms with Crippen molar-refractivity contribution in [2.24, 2.45) is 0 Å². The molecule has 1 aromatic rings. The molecule has 0 nitrogen and oxygen atoms in total. The van der Waals surface area contributed by atoms with Crippen LogP contribution in [0.4, 0.5) is 4.39 Å². The SMILES string of the molecule is C[Si](C)(C)c1c(F)cc(Br)cc1Br. The molecule has 1 rings (SSSR count). The molecule has 0 aliphatic rings. The van der Waals surface area contributed by atoms with Gasteiger partial charge in [-0.15, -0.1) is 0 Å². The minimum absolute atomic E-state index is 0.111. The molecule has 0 saturated carbocycles. The van der Waals surface area contributed by atoms with Crippen LogP contribution in [0.3, 0.4) is 0 Å². The highest BCUT2D eigenvalue weighted by Crippen LogP contribution is 2.21. The normalized spacial score (nSPS) is 11.8. The third kappa shape index (κ3) is 2.64. The van der Waals surface area contributed by atoms with E-state index in [1.54, 1.807) is 0 Å². The van der Waals surface area contributed by atoms with E-state index in [9.17, 15) is 4.39 Å². The molecule has 0 spiro atoms. The van der Waals surface area contributed by atoms with Crippen molar-refractivity contribution >= 4 is 45.1 Å². The van der Waals surface area contributed by atoms with Crippen molar-refractivity contribution in [2.75, 3.05) is 0 Å². The van der Waals surface area contributed by atoms with E-state index in [-0.39, 0.29) is 5.82 Å². The van der Waals surface area contributed by atoms with Crippen LogP contribution in [-0.2, 0) is 0 Å². The molecule has 1 aromatic carbocycles. The molecule has 0 amide bonds. The zero-order valence-electron chi connectivity index (χ0n) is 7.79. The molecular weight excluding hydrogens is 315 g/mol. The van der Waals surface area contributed by atoms with Gasteiger partial charge in [-0.1, -0.05) is 51.5 Å². The lowest BCUT2D eigenvalue weighted by atomic mass is 10.3. The van der Waals surface area contributed by atoms with Crippen LogP contribution in [-0.4, -0.2) is 8.07 Å². The summed E-state index contributed by atoms with van der Waals surface area (Å²) in [4.78, 5) is 0. The first kappa shape index (κ1) is 11.4. The predicted octanol–water partition coefficient (Wildman–Crippen LogP) is 3.90. The maximum atomic E-state index is 13.6. The molecule has 0 bridgehead atoms. The van der Waals surface area contributed by atoms with Crippen molar-refractivity contribution in [3.8, 4) is 0 Å². The fourth-order valence-corrected chi connectivity index (χ4v) is 5.79. The summed E-state index contributed by atoms with van der Waals surface area (Å²) in [6.07, 6.45) is 0. The van der Waals surface area contributed by atoms with Gasteiger partial charge in [-0.3, -0.25) is 0 Å². The molecule has 0 radical (unpaired) electrons. The van der Waals surface area contributed by atoms with Crippen molar-refractivity contribution in [1.82, 2.24) is 0 Å². The van der Waals surface area contributed by atoms with Gasteiger partial charge in [0.05, 0.1) is 8.07 Å². The number of hydrogen-bond acceptors (Lipinski definition) is 0. The Bertz CT molecular complexity index is 308. The van der Waals surface area contributed by atoms with Crippen LogP contribution >= 0.6 is 31.9 Å². The molecule has 0 aliphatic carbocycles.